The van der Waals surface area contributed by atoms with Gasteiger partial charge in [-0.25, -0.2) is 4.39 Å². The summed E-state index contributed by atoms with van der Waals surface area (Å²) in [6.45, 7) is 0.979. The first-order chi connectivity index (χ1) is 9.11. The topological polar surface area (TPSA) is 46.6 Å². The van der Waals surface area contributed by atoms with Gasteiger partial charge in [-0.1, -0.05) is 0 Å². The first kappa shape index (κ1) is 13.5. The average molecular weight is 265 g/mol. The summed E-state index contributed by atoms with van der Waals surface area (Å²) < 4.78 is 17.5. The van der Waals surface area contributed by atoms with Crippen LogP contribution in [-0.4, -0.2) is 37.0 Å². The van der Waals surface area contributed by atoms with Crippen molar-refractivity contribution in [3.63, 3.8) is 0 Å². The maximum absolute atomic E-state index is 12.8. The summed E-state index contributed by atoms with van der Waals surface area (Å²) in [5, 5.41) is 0. The van der Waals surface area contributed by atoms with Gasteiger partial charge in [0.15, 0.2) is 0 Å². The predicted octanol–water partition coefficient (Wildman–Crippen LogP) is 1.85. The highest BCUT2D eigenvalue weighted by atomic mass is 19.1. The summed E-state index contributed by atoms with van der Waals surface area (Å²) in [5.74, 6) is -1.09. The molecule has 0 aromatic heterocycles. The largest absolute Gasteiger partial charge is 0.469 e. The van der Waals surface area contributed by atoms with E-state index in [0.717, 1.165) is 12.8 Å². The SMILES string of the molecule is COC(=O)[C@H]1CCCN(C(=O)c2ccc(F)cc2)C1. The third-order valence-corrected chi connectivity index (χ3v) is 3.33. The number of likely N-dealkylation sites (tertiary alicyclic amines) is 1. The molecule has 2 rings (SSSR count). The fourth-order valence-corrected chi connectivity index (χ4v) is 2.30. The Labute approximate surface area is 111 Å². The van der Waals surface area contributed by atoms with Crippen molar-refractivity contribution in [1.29, 1.82) is 0 Å². The smallest absolute Gasteiger partial charge is 0.310 e. The number of benzene rings is 1. The molecule has 1 aliphatic rings. The van der Waals surface area contributed by atoms with Crippen molar-refractivity contribution in [2.75, 3.05) is 20.2 Å². The van der Waals surface area contributed by atoms with Crippen LogP contribution in [0.25, 0.3) is 0 Å². The molecule has 1 fully saturated rings. The van der Waals surface area contributed by atoms with E-state index in [9.17, 15) is 14.0 Å². The van der Waals surface area contributed by atoms with E-state index in [1.807, 2.05) is 0 Å². The Bertz CT molecular complexity index is 472. The van der Waals surface area contributed by atoms with Gasteiger partial charge in [0.2, 0.25) is 0 Å². The van der Waals surface area contributed by atoms with E-state index in [1.165, 1.54) is 31.4 Å². The van der Waals surface area contributed by atoms with Crippen molar-refractivity contribution < 1.29 is 18.7 Å². The van der Waals surface area contributed by atoms with Gasteiger partial charge >= 0.3 is 5.97 Å². The molecule has 4 nitrogen and oxygen atoms in total. The predicted molar refractivity (Wildman–Crippen MR) is 67.0 cm³/mol. The van der Waals surface area contributed by atoms with Crippen molar-refractivity contribution in [2.45, 2.75) is 12.8 Å². The van der Waals surface area contributed by atoms with Crippen molar-refractivity contribution in [3.8, 4) is 0 Å². The molecule has 1 aromatic rings. The van der Waals surface area contributed by atoms with Crippen molar-refractivity contribution in [2.24, 2.45) is 5.92 Å². The summed E-state index contributed by atoms with van der Waals surface area (Å²) in [6, 6.07) is 5.43. The number of nitrogens with zero attached hydrogens (tertiary/aromatic N) is 1. The maximum atomic E-state index is 12.8. The molecular formula is C14H16FNO3. The Morgan fingerprint density at radius 3 is 2.63 bits per heavy atom. The molecule has 1 aliphatic heterocycles. The van der Waals surface area contributed by atoms with Crippen LogP contribution < -0.4 is 0 Å². The van der Waals surface area contributed by atoms with E-state index in [1.54, 1.807) is 4.90 Å². The molecule has 1 saturated heterocycles. The Morgan fingerprint density at radius 1 is 1.32 bits per heavy atom. The van der Waals surface area contributed by atoms with Crippen molar-refractivity contribution in [1.82, 2.24) is 4.90 Å². The Balaban J connectivity index is 2.06. The normalized spacial score (nSPS) is 19.1. The lowest BCUT2D eigenvalue weighted by Crippen LogP contribution is -2.42. The van der Waals surface area contributed by atoms with Crippen LogP contribution in [0.2, 0.25) is 0 Å². The van der Waals surface area contributed by atoms with Crippen molar-refractivity contribution in [3.05, 3.63) is 35.6 Å². The maximum Gasteiger partial charge on any atom is 0.310 e. The summed E-state index contributed by atoms with van der Waals surface area (Å²) in [4.78, 5) is 25.3. The molecule has 0 saturated carbocycles. The second kappa shape index (κ2) is 5.82. The molecule has 19 heavy (non-hydrogen) atoms. The van der Waals surface area contributed by atoms with E-state index in [-0.39, 0.29) is 23.6 Å². The van der Waals surface area contributed by atoms with Gasteiger partial charge in [0, 0.05) is 18.7 Å². The molecule has 0 radical (unpaired) electrons. The second-order valence-corrected chi connectivity index (χ2v) is 4.62. The number of piperidine rings is 1. The average Bonchev–Trinajstić information content (AvgIpc) is 2.46. The minimum Gasteiger partial charge on any atom is -0.469 e. The molecule has 1 atom stereocenters. The lowest BCUT2D eigenvalue weighted by Gasteiger charge is -2.31. The van der Waals surface area contributed by atoms with E-state index in [2.05, 4.69) is 0 Å². The number of methoxy groups -OCH3 is 1. The zero-order valence-corrected chi connectivity index (χ0v) is 10.8. The first-order valence-corrected chi connectivity index (χ1v) is 6.24. The molecular weight excluding hydrogens is 249 g/mol. The molecule has 1 aromatic carbocycles. The van der Waals surface area contributed by atoms with Crippen LogP contribution in [-0.2, 0) is 9.53 Å². The van der Waals surface area contributed by atoms with Crippen LogP contribution in [0.5, 0.6) is 0 Å². The van der Waals surface area contributed by atoms with Gasteiger partial charge in [-0.15, -0.1) is 0 Å². The van der Waals surface area contributed by atoms with Crippen LogP contribution in [0, 0.1) is 11.7 Å². The zero-order valence-electron chi connectivity index (χ0n) is 10.8. The van der Waals surface area contributed by atoms with Crippen LogP contribution in [0.1, 0.15) is 23.2 Å². The highest BCUT2D eigenvalue weighted by molar-refractivity contribution is 5.94. The van der Waals surface area contributed by atoms with Crippen LogP contribution >= 0.6 is 0 Å². The fraction of sp³-hybridized carbons (Fsp3) is 0.429. The number of ether oxygens (including phenoxy) is 1. The van der Waals surface area contributed by atoms with Crippen LogP contribution in [0.3, 0.4) is 0 Å². The number of esters is 1. The van der Waals surface area contributed by atoms with Gasteiger partial charge in [0.25, 0.3) is 5.91 Å². The molecule has 0 aliphatic carbocycles. The molecule has 0 bridgehead atoms. The third kappa shape index (κ3) is 3.10. The Hall–Kier alpha value is -1.91. The number of halogens is 1. The molecule has 0 spiro atoms. The van der Waals surface area contributed by atoms with E-state index >= 15 is 0 Å². The van der Waals surface area contributed by atoms with E-state index in [4.69, 9.17) is 4.74 Å². The molecule has 1 amide bonds. The lowest BCUT2D eigenvalue weighted by atomic mass is 9.97. The van der Waals surface area contributed by atoms with Gasteiger partial charge in [0.05, 0.1) is 13.0 Å². The number of carbonyl (C=O) groups is 2. The zero-order chi connectivity index (χ0) is 13.8. The van der Waals surface area contributed by atoms with E-state index in [0.29, 0.717) is 18.7 Å². The third-order valence-electron chi connectivity index (χ3n) is 3.33. The summed E-state index contributed by atoms with van der Waals surface area (Å²) in [6.07, 6.45) is 1.51. The molecule has 5 heteroatoms. The number of carbonyl (C=O) groups excluding carboxylic acids is 2. The Morgan fingerprint density at radius 2 is 2.00 bits per heavy atom. The van der Waals surface area contributed by atoms with Gasteiger partial charge in [-0.3, -0.25) is 9.59 Å². The molecule has 0 unspecified atom stereocenters. The number of hydrogen-bond acceptors (Lipinski definition) is 3. The first-order valence-electron chi connectivity index (χ1n) is 6.24. The number of rotatable bonds is 2. The molecule has 0 N–H and O–H groups in total. The fourth-order valence-electron chi connectivity index (χ4n) is 2.30. The Kier molecular flexibility index (Phi) is 4.14. The van der Waals surface area contributed by atoms with Gasteiger partial charge in [0.1, 0.15) is 5.82 Å². The standard InChI is InChI=1S/C14H16FNO3/c1-19-14(18)11-3-2-8-16(9-11)13(17)10-4-6-12(15)7-5-10/h4-7,11H,2-3,8-9H2,1H3/t11-/m0/s1. The monoisotopic (exact) mass is 265 g/mol. The number of amides is 1. The second-order valence-electron chi connectivity index (χ2n) is 4.62. The highest BCUT2D eigenvalue weighted by Gasteiger charge is 2.29. The summed E-state index contributed by atoms with van der Waals surface area (Å²) in [5.41, 5.74) is 0.437. The van der Waals surface area contributed by atoms with E-state index < -0.39 is 0 Å². The van der Waals surface area contributed by atoms with Gasteiger partial charge < -0.3 is 9.64 Å². The van der Waals surface area contributed by atoms with Crippen molar-refractivity contribution >= 4 is 11.9 Å². The van der Waals surface area contributed by atoms with Gasteiger partial charge in [-0.2, -0.15) is 0 Å². The van der Waals surface area contributed by atoms with Gasteiger partial charge in [-0.05, 0) is 37.1 Å². The quantitative estimate of drug-likeness (QED) is 0.767. The molecule has 102 valence electrons. The lowest BCUT2D eigenvalue weighted by molar-refractivity contribution is -0.146. The minimum atomic E-state index is -0.373. The highest BCUT2D eigenvalue weighted by Crippen LogP contribution is 2.19. The molecule has 1 heterocycles. The van der Waals surface area contributed by atoms with Crippen LogP contribution in [0.4, 0.5) is 4.39 Å². The van der Waals surface area contributed by atoms with Crippen LogP contribution in [0.15, 0.2) is 24.3 Å². The summed E-state index contributed by atoms with van der Waals surface area (Å²) >= 11 is 0. The minimum absolute atomic E-state index is 0.173. The summed E-state index contributed by atoms with van der Waals surface area (Å²) in [7, 11) is 1.35. The number of hydrogen-bond donors (Lipinski definition) is 0.